The van der Waals surface area contributed by atoms with E-state index in [1.807, 2.05) is 43.3 Å². The normalized spacial score (nSPS) is 16.6. The zero-order valence-corrected chi connectivity index (χ0v) is 12.5. The first-order valence-corrected chi connectivity index (χ1v) is 6.99. The van der Waals surface area contributed by atoms with Crippen LogP contribution in [0.15, 0.2) is 36.5 Å². The predicted octanol–water partition coefficient (Wildman–Crippen LogP) is 1.70. The van der Waals surface area contributed by atoms with Crippen molar-refractivity contribution in [2.24, 2.45) is 0 Å². The number of carbonyl (C=O) groups excluding carboxylic acids is 1. The molecular weight excluding hydrogens is 250 g/mol. The Labute approximate surface area is 121 Å². The molecule has 0 N–H and O–H groups in total. The van der Waals surface area contributed by atoms with Crippen molar-refractivity contribution in [2.45, 2.75) is 0 Å². The van der Waals surface area contributed by atoms with Crippen molar-refractivity contribution in [1.29, 1.82) is 0 Å². The summed E-state index contributed by atoms with van der Waals surface area (Å²) in [5.74, 6) is 0.0450. The summed E-state index contributed by atoms with van der Waals surface area (Å²) in [7, 11) is 5.96. The topological polar surface area (TPSA) is 26.8 Å². The number of anilines is 1. The van der Waals surface area contributed by atoms with Gasteiger partial charge in [0.05, 0.1) is 0 Å². The summed E-state index contributed by atoms with van der Waals surface area (Å²) in [6, 6.07) is 7.91. The molecule has 4 nitrogen and oxygen atoms in total. The van der Waals surface area contributed by atoms with Gasteiger partial charge in [0.15, 0.2) is 5.78 Å². The van der Waals surface area contributed by atoms with E-state index < -0.39 is 0 Å². The highest BCUT2D eigenvalue weighted by Gasteiger charge is 2.14. The van der Waals surface area contributed by atoms with Crippen LogP contribution in [0.1, 0.15) is 10.4 Å². The van der Waals surface area contributed by atoms with Crippen molar-refractivity contribution in [2.75, 3.05) is 52.2 Å². The molecule has 0 unspecified atom stereocenters. The summed E-state index contributed by atoms with van der Waals surface area (Å²) in [6.45, 7) is 4.27. The third kappa shape index (κ3) is 3.84. The van der Waals surface area contributed by atoms with E-state index in [0.717, 1.165) is 31.7 Å². The zero-order chi connectivity index (χ0) is 14.5. The van der Waals surface area contributed by atoms with Crippen LogP contribution >= 0.6 is 0 Å². The molecule has 1 aliphatic rings. The largest absolute Gasteiger partial charge is 0.383 e. The van der Waals surface area contributed by atoms with E-state index in [2.05, 4.69) is 16.8 Å². The zero-order valence-electron chi connectivity index (χ0n) is 12.5. The molecule has 2 rings (SSSR count). The molecule has 108 valence electrons. The fraction of sp³-hybridized carbons (Fsp3) is 0.438. The van der Waals surface area contributed by atoms with E-state index in [1.165, 1.54) is 5.69 Å². The number of rotatable bonds is 4. The van der Waals surface area contributed by atoms with Gasteiger partial charge < -0.3 is 14.7 Å². The van der Waals surface area contributed by atoms with Gasteiger partial charge in [-0.15, -0.1) is 0 Å². The molecule has 0 spiro atoms. The Bertz CT molecular complexity index is 471. The first-order valence-electron chi connectivity index (χ1n) is 6.99. The first-order chi connectivity index (χ1) is 9.56. The van der Waals surface area contributed by atoms with E-state index in [9.17, 15) is 4.79 Å². The molecule has 1 saturated heterocycles. The average Bonchev–Trinajstić information content (AvgIpc) is 2.46. The second-order valence-electron chi connectivity index (χ2n) is 5.48. The molecule has 0 saturated carbocycles. The number of nitrogens with zero attached hydrogens (tertiary/aromatic N) is 3. The predicted molar refractivity (Wildman–Crippen MR) is 83.3 cm³/mol. The Morgan fingerprint density at radius 1 is 1.10 bits per heavy atom. The summed E-state index contributed by atoms with van der Waals surface area (Å²) < 4.78 is 0. The van der Waals surface area contributed by atoms with Crippen molar-refractivity contribution < 1.29 is 4.79 Å². The molecule has 1 fully saturated rings. The number of hydrogen-bond donors (Lipinski definition) is 0. The highest BCUT2D eigenvalue weighted by molar-refractivity contribution is 6.04. The first kappa shape index (κ1) is 14.6. The van der Waals surface area contributed by atoms with E-state index >= 15 is 0 Å². The van der Waals surface area contributed by atoms with Gasteiger partial charge in [-0.3, -0.25) is 4.79 Å². The quantitative estimate of drug-likeness (QED) is 0.616. The number of likely N-dealkylation sites (N-methyl/N-ethyl adjacent to an activating group) is 1. The van der Waals surface area contributed by atoms with Gasteiger partial charge in [0, 0.05) is 63.8 Å². The van der Waals surface area contributed by atoms with Crippen LogP contribution in [0.25, 0.3) is 0 Å². The number of carbonyl (C=O) groups is 1. The third-order valence-corrected chi connectivity index (χ3v) is 3.54. The Morgan fingerprint density at radius 2 is 1.70 bits per heavy atom. The molecule has 0 aromatic heterocycles. The second-order valence-corrected chi connectivity index (χ2v) is 5.48. The van der Waals surface area contributed by atoms with E-state index in [4.69, 9.17) is 0 Å². The maximum atomic E-state index is 11.9. The summed E-state index contributed by atoms with van der Waals surface area (Å²) in [6.07, 6.45) is 3.38. The monoisotopic (exact) mass is 273 g/mol. The van der Waals surface area contributed by atoms with Crippen molar-refractivity contribution >= 4 is 11.5 Å². The lowest BCUT2D eigenvalue weighted by Gasteiger charge is -2.34. The molecule has 0 aliphatic carbocycles. The summed E-state index contributed by atoms with van der Waals surface area (Å²) in [4.78, 5) is 18.5. The van der Waals surface area contributed by atoms with Gasteiger partial charge >= 0.3 is 0 Å². The Kier molecular flexibility index (Phi) is 4.79. The van der Waals surface area contributed by atoms with E-state index in [0.29, 0.717) is 0 Å². The van der Waals surface area contributed by atoms with Crippen LogP contribution < -0.4 is 4.90 Å². The molecule has 0 amide bonds. The molecule has 0 radical (unpaired) electrons. The van der Waals surface area contributed by atoms with E-state index in [1.54, 1.807) is 12.3 Å². The number of allylic oxidation sites excluding steroid dienone is 1. The lowest BCUT2D eigenvalue weighted by Crippen LogP contribution is -2.44. The number of hydrogen-bond acceptors (Lipinski definition) is 4. The smallest absolute Gasteiger partial charge is 0.187 e. The minimum absolute atomic E-state index is 0.0450. The fourth-order valence-electron chi connectivity index (χ4n) is 2.21. The molecule has 1 aromatic rings. The average molecular weight is 273 g/mol. The van der Waals surface area contributed by atoms with Crippen molar-refractivity contribution in [3.05, 3.63) is 42.1 Å². The Morgan fingerprint density at radius 3 is 2.25 bits per heavy atom. The highest BCUT2D eigenvalue weighted by atomic mass is 16.1. The second kappa shape index (κ2) is 6.57. The van der Waals surface area contributed by atoms with Gasteiger partial charge in [-0.25, -0.2) is 0 Å². The van der Waals surface area contributed by atoms with Gasteiger partial charge in [-0.1, -0.05) is 0 Å². The third-order valence-electron chi connectivity index (χ3n) is 3.54. The molecule has 1 aliphatic heterocycles. The van der Waals surface area contributed by atoms with Crippen molar-refractivity contribution in [1.82, 2.24) is 9.80 Å². The maximum absolute atomic E-state index is 11.9. The van der Waals surface area contributed by atoms with Crippen LogP contribution in [-0.2, 0) is 0 Å². The minimum atomic E-state index is 0.0450. The highest BCUT2D eigenvalue weighted by Crippen LogP contribution is 2.17. The SMILES string of the molecule is CN(C)C=CC(=O)c1ccc(N2CCN(C)CC2)cc1. The molecule has 20 heavy (non-hydrogen) atoms. The van der Waals surface area contributed by atoms with Crippen LogP contribution in [0.2, 0.25) is 0 Å². The number of piperazine rings is 1. The van der Waals surface area contributed by atoms with Crippen molar-refractivity contribution in [3.8, 4) is 0 Å². The van der Waals surface area contributed by atoms with Crippen LogP contribution in [0.3, 0.4) is 0 Å². The fourth-order valence-corrected chi connectivity index (χ4v) is 2.21. The Hall–Kier alpha value is -1.81. The van der Waals surface area contributed by atoms with Gasteiger partial charge in [-0.05, 0) is 31.3 Å². The molecule has 4 heteroatoms. The number of benzene rings is 1. The van der Waals surface area contributed by atoms with Gasteiger partial charge in [0.25, 0.3) is 0 Å². The minimum Gasteiger partial charge on any atom is -0.383 e. The van der Waals surface area contributed by atoms with Crippen LogP contribution in [-0.4, -0.2) is 62.9 Å². The summed E-state index contributed by atoms with van der Waals surface area (Å²) in [5, 5.41) is 0. The van der Waals surface area contributed by atoms with Crippen LogP contribution in [0.5, 0.6) is 0 Å². The standard InChI is InChI=1S/C16H23N3O/c1-17(2)9-8-16(20)14-4-6-15(7-5-14)19-12-10-18(3)11-13-19/h4-9H,10-13H2,1-3H3. The molecule has 1 heterocycles. The summed E-state index contributed by atoms with van der Waals surface area (Å²) >= 11 is 0. The molecule has 0 bridgehead atoms. The van der Waals surface area contributed by atoms with Crippen LogP contribution in [0.4, 0.5) is 5.69 Å². The molecule has 0 atom stereocenters. The maximum Gasteiger partial charge on any atom is 0.187 e. The summed E-state index contributed by atoms with van der Waals surface area (Å²) in [5.41, 5.74) is 1.94. The van der Waals surface area contributed by atoms with Gasteiger partial charge in [-0.2, -0.15) is 0 Å². The van der Waals surface area contributed by atoms with Crippen molar-refractivity contribution in [3.63, 3.8) is 0 Å². The van der Waals surface area contributed by atoms with E-state index in [-0.39, 0.29) is 5.78 Å². The molecule has 1 aromatic carbocycles. The van der Waals surface area contributed by atoms with Gasteiger partial charge in [0.2, 0.25) is 0 Å². The lowest BCUT2D eigenvalue weighted by molar-refractivity contribution is 0.104. The van der Waals surface area contributed by atoms with Gasteiger partial charge in [0.1, 0.15) is 0 Å². The van der Waals surface area contributed by atoms with Crippen LogP contribution in [0, 0.1) is 0 Å². The number of ketones is 1. The molecular formula is C16H23N3O. The Balaban J connectivity index is 2.01. The lowest BCUT2D eigenvalue weighted by atomic mass is 10.1.